The van der Waals surface area contributed by atoms with Gasteiger partial charge in [-0.2, -0.15) is 0 Å². The highest BCUT2D eigenvalue weighted by atomic mass is 16.5. The van der Waals surface area contributed by atoms with Crippen molar-refractivity contribution in [1.29, 1.82) is 0 Å². The van der Waals surface area contributed by atoms with Crippen molar-refractivity contribution < 1.29 is 9.53 Å². The van der Waals surface area contributed by atoms with Crippen LogP contribution in [0.5, 0.6) is 11.5 Å². The van der Waals surface area contributed by atoms with Crippen molar-refractivity contribution in [2.75, 3.05) is 19.6 Å². The molecule has 1 saturated heterocycles. The van der Waals surface area contributed by atoms with Crippen LogP contribution in [-0.4, -0.2) is 41.5 Å². The maximum Gasteiger partial charge on any atom is 0.253 e. The summed E-state index contributed by atoms with van der Waals surface area (Å²) >= 11 is 0. The molecule has 1 aromatic carbocycles. The minimum Gasteiger partial charge on any atom is -0.456 e. The van der Waals surface area contributed by atoms with E-state index in [0.717, 1.165) is 19.6 Å². The molecule has 1 aromatic heterocycles. The Labute approximate surface area is 129 Å². The van der Waals surface area contributed by atoms with Gasteiger partial charge in [0, 0.05) is 37.4 Å². The molecule has 0 radical (unpaired) electrons. The highest BCUT2D eigenvalue weighted by Crippen LogP contribution is 2.21. The highest BCUT2D eigenvalue weighted by Gasteiger charge is 2.21. The minimum atomic E-state index is 0.0706. The molecule has 0 aliphatic carbocycles. The first-order chi connectivity index (χ1) is 10.7. The van der Waals surface area contributed by atoms with Gasteiger partial charge in [0.25, 0.3) is 5.91 Å². The zero-order chi connectivity index (χ0) is 15.4. The summed E-state index contributed by atoms with van der Waals surface area (Å²) in [6.07, 6.45) is 3.35. The molecule has 1 fully saturated rings. The van der Waals surface area contributed by atoms with Crippen molar-refractivity contribution in [3.8, 4) is 11.5 Å². The quantitative estimate of drug-likeness (QED) is 0.944. The third-order valence-corrected chi connectivity index (χ3v) is 3.63. The average molecular weight is 297 g/mol. The standard InChI is InChI=1S/C17H19N3O2/c1-13-12-20(10-9-19-13)17(21)14-4-6-15(7-5-14)22-16-3-2-8-18-11-16/h2-8,11,13,19H,9-10,12H2,1H3. The Kier molecular flexibility index (Phi) is 4.34. The van der Waals surface area contributed by atoms with E-state index in [4.69, 9.17) is 4.74 Å². The summed E-state index contributed by atoms with van der Waals surface area (Å²) in [5.74, 6) is 1.44. The molecule has 1 amide bonds. The van der Waals surface area contributed by atoms with Crippen LogP contribution in [-0.2, 0) is 0 Å². The number of pyridine rings is 1. The molecule has 2 aromatic rings. The van der Waals surface area contributed by atoms with Crippen LogP contribution in [0.25, 0.3) is 0 Å². The molecule has 0 bridgehead atoms. The minimum absolute atomic E-state index is 0.0706. The lowest BCUT2D eigenvalue weighted by Crippen LogP contribution is -2.51. The second kappa shape index (κ2) is 6.58. The summed E-state index contributed by atoms with van der Waals surface area (Å²) in [6.45, 7) is 4.42. The van der Waals surface area contributed by atoms with Gasteiger partial charge in [0.1, 0.15) is 11.5 Å². The van der Waals surface area contributed by atoms with E-state index in [1.807, 2.05) is 29.2 Å². The number of aromatic nitrogens is 1. The third-order valence-electron chi connectivity index (χ3n) is 3.63. The van der Waals surface area contributed by atoms with Crippen LogP contribution in [0.4, 0.5) is 0 Å². The second-order valence-electron chi connectivity index (χ2n) is 5.42. The number of hydrogen-bond donors (Lipinski definition) is 1. The van der Waals surface area contributed by atoms with Crippen molar-refractivity contribution in [2.45, 2.75) is 13.0 Å². The number of nitrogens with one attached hydrogen (secondary N) is 1. The zero-order valence-electron chi connectivity index (χ0n) is 12.5. The zero-order valence-corrected chi connectivity index (χ0v) is 12.5. The summed E-state index contributed by atoms with van der Waals surface area (Å²) in [5, 5.41) is 3.33. The summed E-state index contributed by atoms with van der Waals surface area (Å²) in [5.41, 5.74) is 0.688. The van der Waals surface area contributed by atoms with Gasteiger partial charge in [0.05, 0.1) is 6.20 Å². The molecule has 1 aliphatic rings. The van der Waals surface area contributed by atoms with E-state index < -0.39 is 0 Å². The predicted molar refractivity (Wildman–Crippen MR) is 84.1 cm³/mol. The van der Waals surface area contributed by atoms with E-state index in [-0.39, 0.29) is 5.91 Å². The lowest BCUT2D eigenvalue weighted by atomic mass is 10.1. The number of hydrogen-bond acceptors (Lipinski definition) is 4. The first-order valence-electron chi connectivity index (χ1n) is 7.43. The summed E-state index contributed by atoms with van der Waals surface area (Å²) < 4.78 is 5.68. The van der Waals surface area contributed by atoms with Crippen LogP contribution in [0.1, 0.15) is 17.3 Å². The molecule has 0 saturated carbocycles. The number of benzene rings is 1. The fourth-order valence-electron chi connectivity index (χ4n) is 2.51. The molecule has 1 atom stereocenters. The van der Waals surface area contributed by atoms with Gasteiger partial charge in [0.15, 0.2) is 0 Å². The molecule has 22 heavy (non-hydrogen) atoms. The van der Waals surface area contributed by atoms with E-state index in [9.17, 15) is 4.79 Å². The van der Waals surface area contributed by atoms with Crippen LogP contribution in [0.2, 0.25) is 0 Å². The lowest BCUT2D eigenvalue weighted by Gasteiger charge is -2.32. The molecule has 5 heteroatoms. The monoisotopic (exact) mass is 297 g/mol. The molecule has 114 valence electrons. The maximum atomic E-state index is 12.5. The first-order valence-corrected chi connectivity index (χ1v) is 7.43. The lowest BCUT2D eigenvalue weighted by molar-refractivity contribution is 0.0709. The smallest absolute Gasteiger partial charge is 0.253 e. The molecule has 3 rings (SSSR count). The highest BCUT2D eigenvalue weighted by molar-refractivity contribution is 5.94. The Balaban J connectivity index is 1.67. The molecule has 2 heterocycles. The van der Waals surface area contributed by atoms with Crippen molar-refractivity contribution >= 4 is 5.91 Å². The van der Waals surface area contributed by atoms with E-state index in [1.165, 1.54) is 0 Å². The normalized spacial score (nSPS) is 18.0. The fourth-order valence-corrected chi connectivity index (χ4v) is 2.51. The summed E-state index contributed by atoms with van der Waals surface area (Å²) in [4.78, 5) is 18.4. The molecule has 1 N–H and O–H groups in total. The van der Waals surface area contributed by atoms with Gasteiger partial charge in [-0.1, -0.05) is 0 Å². The molecular weight excluding hydrogens is 278 g/mol. The summed E-state index contributed by atoms with van der Waals surface area (Å²) in [6, 6.07) is 11.2. The largest absolute Gasteiger partial charge is 0.456 e. The van der Waals surface area contributed by atoms with Crippen molar-refractivity contribution in [2.24, 2.45) is 0 Å². The average Bonchev–Trinajstić information content (AvgIpc) is 2.56. The predicted octanol–water partition coefficient (Wildman–Crippen LogP) is 2.31. The van der Waals surface area contributed by atoms with Gasteiger partial charge in [-0.25, -0.2) is 0 Å². The Hall–Kier alpha value is -2.40. The molecule has 5 nitrogen and oxygen atoms in total. The third kappa shape index (κ3) is 3.43. The van der Waals surface area contributed by atoms with E-state index in [2.05, 4.69) is 17.2 Å². The Morgan fingerprint density at radius 2 is 2.09 bits per heavy atom. The number of rotatable bonds is 3. The van der Waals surface area contributed by atoms with E-state index in [1.54, 1.807) is 24.5 Å². The van der Waals surface area contributed by atoms with E-state index >= 15 is 0 Å². The Bertz CT molecular complexity index is 628. The van der Waals surface area contributed by atoms with Gasteiger partial charge < -0.3 is 15.0 Å². The van der Waals surface area contributed by atoms with Gasteiger partial charge in [-0.3, -0.25) is 9.78 Å². The van der Waals surface area contributed by atoms with E-state index in [0.29, 0.717) is 23.1 Å². The number of amides is 1. The van der Waals surface area contributed by atoms with Crippen molar-refractivity contribution in [3.05, 3.63) is 54.4 Å². The van der Waals surface area contributed by atoms with Gasteiger partial charge in [0.2, 0.25) is 0 Å². The molecule has 0 spiro atoms. The van der Waals surface area contributed by atoms with Crippen molar-refractivity contribution in [1.82, 2.24) is 15.2 Å². The Morgan fingerprint density at radius 3 is 2.77 bits per heavy atom. The van der Waals surface area contributed by atoms with Crippen molar-refractivity contribution in [3.63, 3.8) is 0 Å². The number of nitrogens with zero attached hydrogens (tertiary/aromatic N) is 2. The Morgan fingerprint density at radius 1 is 1.27 bits per heavy atom. The fraction of sp³-hybridized carbons (Fsp3) is 0.294. The SMILES string of the molecule is CC1CN(C(=O)c2ccc(Oc3cccnc3)cc2)CCN1. The number of piperazine rings is 1. The van der Waals surface area contributed by atoms with Crippen LogP contribution in [0.15, 0.2) is 48.8 Å². The first kappa shape index (κ1) is 14.5. The number of ether oxygens (including phenoxy) is 1. The van der Waals surface area contributed by atoms with Crippen LogP contribution < -0.4 is 10.1 Å². The van der Waals surface area contributed by atoms with Gasteiger partial charge in [-0.05, 0) is 43.3 Å². The van der Waals surface area contributed by atoms with Crippen LogP contribution in [0, 0.1) is 0 Å². The molecule has 1 aliphatic heterocycles. The van der Waals surface area contributed by atoms with Gasteiger partial charge in [-0.15, -0.1) is 0 Å². The summed E-state index contributed by atoms with van der Waals surface area (Å²) in [7, 11) is 0. The molecular formula is C17H19N3O2. The second-order valence-corrected chi connectivity index (χ2v) is 5.42. The topological polar surface area (TPSA) is 54.5 Å². The number of carbonyl (C=O) groups excluding carboxylic acids is 1. The molecule has 1 unspecified atom stereocenters. The van der Waals surface area contributed by atoms with Crippen LogP contribution >= 0.6 is 0 Å². The number of carbonyl (C=O) groups is 1. The maximum absolute atomic E-state index is 12.5. The van der Waals surface area contributed by atoms with Crippen LogP contribution in [0.3, 0.4) is 0 Å². The van der Waals surface area contributed by atoms with Gasteiger partial charge >= 0.3 is 0 Å².